The quantitative estimate of drug-likeness (QED) is 0.170. The predicted molar refractivity (Wildman–Crippen MR) is 234 cm³/mol. The molecule has 0 spiro atoms. The summed E-state index contributed by atoms with van der Waals surface area (Å²) in [4.78, 5) is 9.17. The normalized spacial score (nSPS) is 11.9. The number of benzene rings is 9. The van der Waals surface area contributed by atoms with Gasteiger partial charge in [0.1, 0.15) is 6.33 Å². The van der Waals surface area contributed by atoms with Gasteiger partial charge in [-0.2, -0.15) is 0 Å². The van der Waals surface area contributed by atoms with E-state index in [0.717, 1.165) is 33.1 Å². The number of para-hydroxylation sites is 3. The molecule has 12 rings (SSSR count). The van der Waals surface area contributed by atoms with E-state index in [0.29, 0.717) is 0 Å². The molecule has 260 valence electrons. The number of aromatic nitrogens is 4. The minimum atomic E-state index is 0.976. The van der Waals surface area contributed by atoms with Gasteiger partial charge in [-0.05, 0) is 99.1 Å². The first kappa shape index (κ1) is 30.9. The molecule has 0 unspecified atom stereocenters. The van der Waals surface area contributed by atoms with Gasteiger partial charge in [-0.15, -0.1) is 0 Å². The van der Waals surface area contributed by atoms with E-state index in [4.69, 9.17) is 4.98 Å². The summed E-state index contributed by atoms with van der Waals surface area (Å²) < 4.78 is 4.80. The second-order valence-electron chi connectivity index (χ2n) is 14.6. The molecule has 0 atom stereocenters. The van der Waals surface area contributed by atoms with Crippen molar-refractivity contribution in [1.82, 2.24) is 19.1 Å². The first-order valence-corrected chi connectivity index (χ1v) is 19.1. The maximum Gasteiger partial charge on any atom is 0.116 e. The Labute approximate surface area is 322 Å². The third-order valence-corrected chi connectivity index (χ3v) is 11.6. The Balaban J connectivity index is 1.03. The third kappa shape index (κ3) is 4.53. The summed E-state index contributed by atoms with van der Waals surface area (Å²) in [5.74, 6) is 0. The number of hydrogen-bond acceptors (Lipinski definition) is 2. The fourth-order valence-electron chi connectivity index (χ4n) is 9.11. The highest BCUT2D eigenvalue weighted by atomic mass is 15.0. The molecule has 0 aliphatic heterocycles. The van der Waals surface area contributed by atoms with Crippen molar-refractivity contribution in [2.45, 2.75) is 0 Å². The Morgan fingerprint density at radius 1 is 0.304 bits per heavy atom. The smallest absolute Gasteiger partial charge is 0.116 e. The van der Waals surface area contributed by atoms with Gasteiger partial charge in [0.25, 0.3) is 0 Å². The van der Waals surface area contributed by atoms with E-state index in [-0.39, 0.29) is 0 Å². The number of rotatable bonds is 4. The van der Waals surface area contributed by atoms with Gasteiger partial charge in [0.05, 0.1) is 27.6 Å². The number of nitrogens with zero attached hydrogens (tertiary/aromatic N) is 4. The van der Waals surface area contributed by atoms with Crippen LogP contribution in [0, 0.1) is 0 Å². The molecule has 12 aromatic rings. The van der Waals surface area contributed by atoms with E-state index in [2.05, 4.69) is 196 Å². The van der Waals surface area contributed by atoms with Crippen LogP contribution in [0.4, 0.5) is 0 Å². The molecule has 4 nitrogen and oxygen atoms in total. The Bertz CT molecular complexity index is 3500. The molecule has 0 bridgehead atoms. The first-order chi connectivity index (χ1) is 27.8. The van der Waals surface area contributed by atoms with E-state index in [1.165, 1.54) is 76.6 Å². The van der Waals surface area contributed by atoms with E-state index in [9.17, 15) is 0 Å². The van der Waals surface area contributed by atoms with Crippen LogP contribution in [0.2, 0.25) is 0 Å². The fourth-order valence-corrected chi connectivity index (χ4v) is 9.11. The maximum absolute atomic E-state index is 4.78. The van der Waals surface area contributed by atoms with Gasteiger partial charge in [0.2, 0.25) is 0 Å². The van der Waals surface area contributed by atoms with Crippen LogP contribution in [0.1, 0.15) is 0 Å². The molecule has 0 aliphatic rings. The van der Waals surface area contributed by atoms with E-state index in [1.54, 1.807) is 6.33 Å². The molecule has 0 saturated heterocycles. The summed E-state index contributed by atoms with van der Waals surface area (Å²) in [5.41, 5.74) is 12.7. The molecule has 0 radical (unpaired) electrons. The molecular formula is C52H32N4. The van der Waals surface area contributed by atoms with Crippen molar-refractivity contribution in [1.29, 1.82) is 0 Å². The standard InChI is InChI=1S/C52H32N4/c1-2-12-37(13-3-1)55-49-20-9-7-18-43(49)45-28-35(23-26-50(45)55)36-22-25-44-42-17-6-8-19-48(42)56(51(44)30-36)38-14-10-11-33(27-38)34-21-24-41-39-15-4-5-16-40(39)47-31-53-32-54-52(47)46(41)29-34/h1-32H. The van der Waals surface area contributed by atoms with Gasteiger partial charge < -0.3 is 9.13 Å². The molecule has 0 saturated carbocycles. The van der Waals surface area contributed by atoms with Crippen molar-refractivity contribution >= 4 is 76.1 Å². The lowest BCUT2D eigenvalue weighted by Crippen LogP contribution is -1.95. The van der Waals surface area contributed by atoms with Crippen molar-refractivity contribution < 1.29 is 0 Å². The van der Waals surface area contributed by atoms with Crippen molar-refractivity contribution in [3.8, 4) is 33.6 Å². The SMILES string of the molecule is c1ccc(-n2c3ccccc3c3cc(-c4ccc5c6ccccc6n(-c6cccc(-c7ccc8c9ccccc9c9cncnc9c8c7)c6)c5c4)ccc32)cc1. The van der Waals surface area contributed by atoms with Crippen LogP contribution in [0.3, 0.4) is 0 Å². The van der Waals surface area contributed by atoms with Crippen molar-refractivity contribution in [3.05, 3.63) is 195 Å². The zero-order valence-electron chi connectivity index (χ0n) is 30.3. The lowest BCUT2D eigenvalue weighted by molar-refractivity contribution is 1.18. The zero-order valence-corrected chi connectivity index (χ0v) is 30.3. The number of fused-ring (bicyclic) bond motifs is 12. The molecule has 3 aromatic heterocycles. The van der Waals surface area contributed by atoms with Crippen LogP contribution in [0.25, 0.3) is 110 Å². The van der Waals surface area contributed by atoms with E-state index < -0.39 is 0 Å². The van der Waals surface area contributed by atoms with E-state index in [1.807, 2.05) is 6.20 Å². The monoisotopic (exact) mass is 712 g/mol. The van der Waals surface area contributed by atoms with Gasteiger partial charge in [-0.25, -0.2) is 9.97 Å². The van der Waals surface area contributed by atoms with Gasteiger partial charge in [-0.1, -0.05) is 121 Å². The van der Waals surface area contributed by atoms with Crippen LogP contribution in [-0.2, 0) is 0 Å². The highest BCUT2D eigenvalue weighted by Gasteiger charge is 2.17. The highest BCUT2D eigenvalue weighted by Crippen LogP contribution is 2.40. The van der Waals surface area contributed by atoms with Crippen molar-refractivity contribution in [3.63, 3.8) is 0 Å². The second-order valence-corrected chi connectivity index (χ2v) is 14.6. The molecule has 0 aliphatic carbocycles. The van der Waals surface area contributed by atoms with Crippen LogP contribution >= 0.6 is 0 Å². The van der Waals surface area contributed by atoms with Gasteiger partial charge in [0, 0.05) is 49.9 Å². The van der Waals surface area contributed by atoms with Crippen LogP contribution in [0.15, 0.2) is 195 Å². The molecule has 0 N–H and O–H groups in total. The average molecular weight is 713 g/mol. The predicted octanol–water partition coefficient (Wildman–Crippen LogP) is 13.5. The summed E-state index contributed by atoms with van der Waals surface area (Å²) in [6.45, 7) is 0. The first-order valence-electron chi connectivity index (χ1n) is 19.1. The minimum Gasteiger partial charge on any atom is -0.309 e. The van der Waals surface area contributed by atoms with Gasteiger partial charge >= 0.3 is 0 Å². The van der Waals surface area contributed by atoms with Crippen LogP contribution in [0.5, 0.6) is 0 Å². The molecule has 9 aromatic carbocycles. The zero-order chi connectivity index (χ0) is 36.7. The Morgan fingerprint density at radius 3 is 1.61 bits per heavy atom. The molecule has 56 heavy (non-hydrogen) atoms. The molecule has 0 amide bonds. The Hall–Kier alpha value is -7.56. The van der Waals surface area contributed by atoms with Crippen LogP contribution in [-0.4, -0.2) is 19.1 Å². The van der Waals surface area contributed by atoms with Gasteiger partial charge in [-0.3, -0.25) is 0 Å². The summed E-state index contributed by atoms with van der Waals surface area (Å²) in [6, 6.07) is 66.3. The summed E-state index contributed by atoms with van der Waals surface area (Å²) in [6.07, 6.45) is 3.59. The number of hydrogen-bond donors (Lipinski definition) is 0. The van der Waals surface area contributed by atoms with E-state index >= 15 is 0 Å². The molecule has 0 fully saturated rings. The minimum absolute atomic E-state index is 0.976. The summed E-state index contributed by atoms with van der Waals surface area (Å²) >= 11 is 0. The van der Waals surface area contributed by atoms with Crippen molar-refractivity contribution in [2.75, 3.05) is 0 Å². The second kappa shape index (κ2) is 12.0. The summed E-state index contributed by atoms with van der Waals surface area (Å²) in [5, 5.41) is 10.8. The van der Waals surface area contributed by atoms with Crippen molar-refractivity contribution in [2.24, 2.45) is 0 Å². The maximum atomic E-state index is 4.78. The lowest BCUT2D eigenvalue weighted by atomic mass is 9.94. The Morgan fingerprint density at radius 2 is 0.821 bits per heavy atom. The fraction of sp³-hybridized carbons (Fsp3) is 0. The molecule has 3 heterocycles. The average Bonchev–Trinajstić information content (AvgIpc) is 3.79. The van der Waals surface area contributed by atoms with Crippen LogP contribution < -0.4 is 0 Å². The topological polar surface area (TPSA) is 35.6 Å². The van der Waals surface area contributed by atoms with Gasteiger partial charge in [0.15, 0.2) is 0 Å². The largest absolute Gasteiger partial charge is 0.309 e. The molecule has 4 heteroatoms. The summed E-state index contributed by atoms with van der Waals surface area (Å²) in [7, 11) is 0. The molecular weight excluding hydrogens is 681 g/mol. The Kier molecular flexibility index (Phi) is 6.60. The third-order valence-electron chi connectivity index (χ3n) is 11.6. The lowest BCUT2D eigenvalue weighted by Gasteiger charge is -2.13. The highest BCUT2D eigenvalue weighted by molar-refractivity contribution is 6.24.